The Morgan fingerprint density at radius 1 is 1.57 bits per heavy atom. The molecule has 0 aliphatic heterocycles. The molecule has 0 fully saturated rings. The van der Waals surface area contributed by atoms with Crippen molar-refractivity contribution < 1.29 is 4.79 Å². The lowest BCUT2D eigenvalue weighted by Crippen LogP contribution is -1.97. The van der Waals surface area contributed by atoms with Gasteiger partial charge in [-0.1, -0.05) is 12.5 Å². The van der Waals surface area contributed by atoms with Crippen molar-refractivity contribution in [2.45, 2.75) is 33.2 Å². The van der Waals surface area contributed by atoms with Gasteiger partial charge in [0.25, 0.3) is 0 Å². The fourth-order valence-corrected chi connectivity index (χ4v) is 1.27. The van der Waals surface area contributed by atoms with Crippen LogP contribution in [0.15, 0.2) is 30.6 Å². The lowest BCUT2D eigenvalue weighted by atomic mass is 10.2. The van der Waals surface area contributed by atoms with Gasteiger partial charge in [0.2, 0.25) is 0 Å². The monoisotopic (exact) mass is 191 g/mol. The summed E-state index contributed by atoms with van der Waals surface area (Å²) in [6, 6.07) is 1.88. The first-order chi connectivity index (χ1) is 6.63. The van der Waals surface area contributed by atoms with E-state index in [0.717, 1.165) is 18.5 Å². The number of carbonyl (C=O) groups excluding carboxylic acids is 1. The fraction of sp³-hybridized carbons (Fsp3) is 0.417. The number of ketones is 1. The predicted octanol–water partition coefficient (Wildman–Crippen LogP) is 3.05. The number of nitrogens with zero attached hydrogens (tertiary/aromatic N) is 1. The van der Waals surface area contributed by atoms with Crippen LogP contribution in [0.2, 0.25) is 0 Å². The Morgan fingerprint density at radius 3 is 2.86 bits per heavy atom. The van der Waals surface area contributed by atoms with E-state index < -0.39 is 0 Å². The summed E-state index contributed by atoms with van der Waals surface area (Å²) in [6.07, 6.45) is 5.40. The van der Waals surface area contributed by atoms with Crippen LogP contribution in [0.3, 0.4) is 0 Å². The minimum absolute atomic E-state index is 0.207. The van der Waals surface area contributed by atoms with Crippen LogP contribution in [0.25, 0.3) is 0 Å². The molecule has 1 heterocycles. The van der Waals surface area contributed by atoms with E-state index >= 15 is 0 Å². The summed E-state index contributed by atoms with van der Waals surface area (Å²) in [5.74, 6) is 0.207. The second kappa shape index (κ2) is 4.80. The first-order valence-corrected chi connectivity index (χ1v) is 4.97. The van der Waals surface area contributed by atoms with Gasteiger partial charge >= 0.3 is 0 Å². The third-order valence-electron chi connectivity index (χ3n) is 2.19. The van der Waals surface area contributed by atoms with Gasteiger partial charge in [-0.2, -0.15) is 0 Å². The molecule has 0 aliphatic carbocycles. The van der Waals surface area contributed by atoms with Gasteiger partial charge in [0.1, 0.15) is 0 Å². The van der Waals surface area contributed by atoms with E-state index in [2.05, 4.69) is 6.58 Å². The van der Waals surface area contributed by atoms with Crippen LogP contribution < -0.4 is 0 Å². The second-order valence-electron chi connectivity index (χ2n) is 3.62. The quantitative estimate of drug-likeness (QED) is 0.518. The van der Waals surface area contributed by atoms with Gasteiger partial charge in [0.15, 0.2) is 5.78 Å². The molecule has 0 saturated heterocycles. The van der Waals surface area contributed by atoms with Crippen LogP contribution in [-0.4, -0.2) is 10.4 Å². The maximum absolute atomic E-state index is 11.3. The summed E-state index contributed by atoms with van der Waals surface area (Å²) in [5, 5.41) is 0. The number of rotatable bonds is 5. The maximum atomic E-state index is 11.3. The third kappa shape index (κ3) is 2.87. The SMILES string of the molecule is C=C(C)CCn1ccc(C(=O)CC)c1. The van der Waals surface area contributed by atoms with Crippen molar-refractivity contribution in [1.29, 1.82) is 0 Å². The van der Waals surface area contributed by atoms with Crippen molar-refractivity contribution in [3.8, 4) is 0 Å². The lowest BCUT2D eigenvalue weighted by Gasteiger charge is -2.01. The Bertz CT molecular complexity index is 336. The second-order valence-corrected chi connectivity index (χ2v) is 3.62. The average Bonchev–Trinajstić information content (AvgIpc) is 2.62. The van der Waals surface area contributed by atoms with Gasteiger partial charge in [-0.3, -0.25) is 4.79 Å². The third-order valence-corrected chi connectivity index (χ3v) is 2.19. The summed E-state index contributed by atoms with van der Waals surface area (Å²) < 4.78 is 2.04. The molecule has 1 aromatic heterocycles. The minimum Gasteiger partial charge on any atom is -0.353 e. The molecule has 2 nitrogen and oxygen atoms in total. The van der Waals surface area contributed by atoms with E-state index in [1.807, 2.05) is 36.9 Å². The zero-order valence-electron chi connectivity index (χ0n) is 8.92. The van der Waals surface area contributed by atoms with Crippen LogP contribution in [0.5, 0.6) is 0 Å². The van der Waals surface area contributed by atoms with Gasteiger partial charge in [-0.15, -0.1) is 6.58 Å². The van der Waals surface area contributed by atoms with E-state index in [0.29, 0.717) is 6.42 Å². The maximum Gasteiger partial charge on any atom is 0.164 e. The number of Topliss-reactive ketones (excluding diaryl/α,β-unsaturated/α-hetero) is 1. The highest BCUT2D eigenvalue weighted by molar-refractivity contribution is 5.95. The number of hydrogen-bond acceptors (Lipinski definition) is 1. The summed E-state index contributed by atoms with van der Waals surface area (Å²) in [5.41, 5.74) is 1.98. The Balaban J connectivity index is 2.59. The summed E-state index contributed by atoms with van der Waals surface area (Å²) >= 11 is 0. The molecule has 1 rings (SSSR count). The molecule has 0 spiro atoms. The molecule has 0 amide bonds. The number of hydrogen-bond donors (Lipinski definition) is 0. The van der Waals surface area contributed by atoms with Gasteiger partial charge in [0, 0.05) is 30.9 Å². The Labute approximate surface area is 85.2 Å². The number of carbonyl (C=O) groups is 1. The van der Waals surface area contributed by atoms with Crippen molar-refractivity contribution in [3.05, 3.63) is 36.2 Å². The largest absolute Gasteiger partial charge is 0.353 e. The van der Waals surface area contributed by atoms with Crippen molar-refractivity contribution >= 4 is 5.78 Å². The van der Waals surface area contributed by atoms with Crippen LogP contribution in [0.4, 0.5) is 0 Å². The zero-order valence-corrected chi connectivity index (χ0v) is 8.92. The molecular formula is C12H17NO. The molecule has 0 aromatic carbocycles. The molecule has 1 aromatic rings. The summed E-state index contributed by atoms with van der Waals surface area (Å²) in [6.45, 7) is 8.66. The van der Waals surface area contributed by atoms with Crippen molar-refractivity contribution in [2.75, 3.05) is 0 Å². The Hall–Kier alpha value is -1.31. The Kier molecular flexibility index (Phi) is 3.69. The average molecular weight is 191 g/mol. The molecule has 0 saturated carbocycles. The standard InChI is InChI=1S/C12H17NO/c1-4-12(14)11-6-8-13(9-11)7-5-10(2)3/h6,8-9H,2,4-5,7H2,1,3H3. The predicted molar refractivity (Wildman–Crippen MR) is 58.5 cm³/mol. The van der Waals surface area contributed by atoms with Crippen molar-refractivity contribution in [2.24, 2.45) is 0 Å². The lowest BCUT2D eigenvalue weighted by molar-refractivity contribution is 0.0988. The molecule has 0 radical (unpaired) electrons. The van der Waals surface area contributed by atoms with Crippen LogP contribution in [0.1, 0.15) is 37.0 Å². The van der Waals surface area contributed by atoms with Gasteiger partial charge in [-0.25, -0.2) is 0 Å². The van der Waals surface area contributed by atoms with Crippen molar-refractivity contribution in [3.63, 3.8) is 0 Å². The Morgan fingerprint density at radius 2 is 2.29 bits per heavy atom. The van der Waals surface area contributed by atoms with E-state index in [1.165, 1.54) is 5.57 Å². The fourth-order valence-electron chi connectivity index (χ4n) is 1.27. The van der Waals surface area contributed by atoms with E-state index in [4.69, 9.17) is 0 Å². The highest BCUT2D eigenvalue weighted by atomic mass is 16.1. The normalized spacial score (nSPS) is 10.1. The molecule has 0 N–H and O–H groups in total. The molecule has 14 heavy (non-hydrogen) atoms. The molecule has 76 valence electrons. The van der Waals surface area contributed by atoms with Gasteiger partial charge in [0.05, 0.1) is 0 Å². The first-order valence-electron chi connectivity index (χ1n) is 4.97. The van der Waals surface area contributed by atoms with Crippen LogP contribution in [0, 0.1) is 0 Å². The highest BCUT2D eigenvalue weighted by Crippen LogP contribution is 2.07. The molecule has 0 aliphatic rings. The molecule has 0 atom stereocenters. The number of allylic oxidation sites excluding steroid dienone is 1. The number of aryl methyl sites for hydroxylation is 1. The van der Waals surface area contributed by atoms with Crippen LogP contribution in [-0.2, 0) is 6.54 Å². The molecule has 2 heteroatoms. The van der Waals surface area contributed by atoms with E-state index in [1.54, 1.807) is 0 Å². The summed E-state index contributed by atoms with van der Waals surface area (Å²) in [7, 11) is 0. The summed E-state index contributed by atoms with van der Waals surface area (Å²) in [4.78, 5) is 11.3. The first kappa shape index (κ1) is 10.8. The molecule has 0 bridgehead atoms. The highest BCUT2D eigenvalue weighted by Gasteiger charge is 2.04. The molecular weight excluding hydrogens is 174 g/mol. The smallest absolute Gasteiger partial charge is 0.164 e. The van der Waals surface area contributed by atoms with Crippen LogP contribution >= 0.6 is 0 Å². The minimum atomic E-state index is 0.207. The topological polar surface area (TPSA) is 22.0 Å². The van der Waals surface area contributed by atoms with E-state index in [9.17, 15) is 4.79 Å². The van der Waals surface area contributed by atoms with Gasteiger partial charge < -0.3 is 4.57 Å². The zero-order chi connectivity index (χ0) is 10.6. The van der Waals surface area contributed by atoms with E-state index in [-0.39, 0.29) is 5.78 Å². The van der Waals surface area contributed by atoms with Gasteiger partial charge in [-0.05, 0) is 19.4 Å². The van der Waals surface area contributed by atoms with Crippen molar-refractivity contribution in [1.82, 2.24) is 4.57 Å². The molecule has 0 unspecified atom stereocenters. The number of aromatic nitrogens is 1.